The Morgan fingerprint density at radius 2 is 1.92 bits per heavy atom. The van der Waals surface area contributed by atoms with Gasteiger partial charge in [0.1, 0.15) is 11.5 Å². The Labute approximate surface area is 144 Å². The van der Waals surface area contributed by atoms with Crippen LogP contribution in [0.5, 0.6) is 11.5 Å². The molecule has 4 rings (SSSR count). The van der Waals surface area contributed by atoms with E-state index in [2.05, 4.69) is 4.98 Å². The van der Waals surface area contributed by atoms with Crippen molar-refractivity contribution in [3.63, 3.8) is 0 Å². The zero-order valence-electron chi connectivity index (χ0n) is 14.1. The average Bonchev–Trinajstić information content (AvgIpc) is 3.25. The van der Waals surface area contributed by atoms with Crippen LogP contribution in [0.1, 0.15) is 10.4 Å². The number of nitrogens with one attached hydrogen (secondary N) is 1. The third-order valence-electron chi connectivity index (χ3n) is 4.48. The number of hydrogen-bond donors (Lipinski definition) is 1. The molecule has 2 aromatic carbocycles. The van der Waals surface area contributed by atoms with Gasteiger partial charge in [-0.05, 0) is 12.1 Å². The molecule has 25 heavy (non-hydrogen) atoms. The van der Waals surface area contributed by atoms with Crippen LogP contribution >= 0.6 is 0 Å². The number of hydrogen-bond acceptors (Lipinski definition) is 3. The average molecular weight is 334 g/mol. The molecule has 1 N–H and O–H groups in total. The molecule has 0 aliphatic heterocycles. The number of benzene rings is 2. The Kier molecular flexibility index (Phi) is 3.69. The lowest BCUT2D eigenvalue weighted by Crippen LogP contribution is -2.09. The van der Waals surface area contributed by atoms with Crippen molar-refractivity contribution in [2.75, 3.05) is 14.2 Å². The van der Waals surface area contributed by atoms with Crippen LogP contribution < -0.4 is 9.47 Å². The van der Waals surface area contributed by atoms with Crippen LogP contribution in [0.3, 0.4) is 0 Å². The summed E-state index contributed by atoms with van der Waals surface area (Å²) in [7, 11) is 3.24. The number of aromatic amines is 1. The number of carbonyl (C=O) groups is 1. The first-order valence-electron chi connectivity index (χ1n) is 8.01. The van der Waals surface area contributed by atoms with Crippen molar-refractivity contribution >= 4 is 27.6 Å². The quantitative estimate of drug-likeness (QED) is 0.561. The molecule has 5 heteroatoms. The predicted molar refractivity (Wildman–Crippen MR) is 97.7 cm³/mol. The van der Waals surface area contributed by atoms with Gasteiger partial charge in [-0.2, -0.15) is 0 Å². The van der Waals surface area contributed by atoms with Crippen molar-refractivity contribution in [2.24, 2.45) is 0 Å². The summed E-state index contributed by atoms with van der Waals surface area (Å²) >= 11 is 0. The van der Waals surface area contributed by atoms with E-state index in [9.17, 15) is 4.79 Å². The molecule has 0 bridgehead atoms. The van der Waals surface area contributed by atoms with E-state index in [0.717, 1.165) is 27.6 Å². The monoisotopic (exact) mass is 334 g/mol. The highest BCUT2D eigenvalue weighted by Crippen LogP contribution is 2.32. The number of methoxy groups -OCH3 is 2. The molecule has 5 nitrogen and oxygen atoms in total. The normalized spacial score (nSPS) is 11.1. The van der Waals surface area contributed by atoms with Gasteiger partial charge in [0, 0.05) is 46.4 Å². The Balaban J connectivity index is 1.74. The third kappa shape index (κ3) is 2.54. The number of rotatable bonds is 5. The molecule has 2 aromatic heterocycles. The molecule has 0 spiro atoms. The number of fused-ring (bicyclic) bond motifs is 2. The zero-order valence-corrected chi connectivity index (χ0v) is 14.1. The van der Waals surface area contributed by atoms with E-state index in [1.165, 1.54) is 0 Å². The maximum Gasteiger partial charge on any atom is 0.184 e. The molecule has 4 aromatic rings. The zero-order chi connectivity index (χ0) is 17.4. The topological polar surface area (TPSA) is 56.2 Å². The van der Waals surface area contributed by atoms with Crippen LogP contribution in [0.4, 0.5) is 0 Å². The maximum absolute atomic E-state index is 12.8. The second-order valence-electron chi connectivity index (χ2n) is 5.88. The minimum atomic E-state index is 0.0525. The molecular weight excluding hydrogens is 316 g/mol. The second kappa shape index (κ2) is 6.02. The van der Waals surface area contributed by atoms with Crippen LogP contribution in [0.25, 0.3) is 21.8 Å². The van der Waals surface area contributed by atoms with E-state index in [0.29, 0.717) is 11.3 Å². The molecule has 0 saturated carbocycles. The van der Waals surface area contributed by atoms with Gasteiger partial charge in [0.25, 0.3) is 0 Å². The molecule has 0 unspecified atom stereocenters. The molecule has 0 aliphatic carbocycles. The number of aromatic nitrogens is 2. The minimum absolute atomic E-state index is 0.0525. The highest BCUT2D eigenvalue weighted by molar-refractivity contribution is 6.08. The summed E-state index contributed by atoms with van der Waals surface area (Å²) in [6, 6.07) is 13.5. The number of Topliss-reactive ketones (excluding diaryl/α,β-unsaturated/α-hetero) is 1. The minimum Gasteiger partial charge on any atom is -0.497 e. The molecule has 0 aliphatic rings. The lowest BCUT2D eigenvalue weighted by molar-refractivity contribution is 0.0975. The molecule has 126 valence electrons. The highest BCUT2D eigenvalue weighted by Gasteiger charge is 2.15. The molecule has 0 fully saturated rings. The van der Waals surface area contributed by atoms with Gasteiger partial charge in [0.2, 0.25) is 0 Å². The summed E-state index contributed by atoms with van der Waals surface area (Å²) in [4.78, 5) is 16.0. The van der Waals surface area contributed by atoms with E-state index >= 15 is 0 Å². The van der Waals surface area contributed by atoms with Crippen LogP contribution in [0.15, 0.2) is 54.9 Å². The van der Waals surface area contributed by atoms with E-state index in [1.54, 1.807) is 20.4 Å². The smallest absolute Gasteiger partial charge is 0.184 e. The summed E-state index contributed by atoms with van der Waals surface area (Å²) in [5.41, 5.74) is 2.57. The van der Waals surface area contributed by atoms with Gasteiger partial charge in [-0.25, -0.2) is 0 Å². The lowest BCUT2D eigenvalue weighted by atomic mass is 10.1. The summed E-state index contributed by atoms with van der Waals surface area (Å²) in [5, 5.41) is 1.90. The first-order chi connectivity index (χ1) is 12.2. The van der Waals surface area contributed by atoms with Crippen molar-refractivity contribution in [1.82, 2.24) is 9.55 Å². The van der Waals surface area contributed by atoms with Crippen LogP contribution in [-0.2, 0) is 6.54 Å². The van der Waals surface area contributed by atoms with E-state index in [-0.39, 0.29) is 12.3 Å². The van der Waals surface area contributed by atoms with Crippen molar-refractivity contribution in [3.8, 4) is 11.5 Å². The van der Waals surface area contributed by atoms with Crippen LogP contribution in [-0.4, -0.2) is 29.6 Å². The van der Waals surface area contributed by atoms with Gasteiger partial charge in [-0.15, -0.1) is 0 Å². The van der Waals surface area contributed by atoms with Crippen LogP contribution in [0, 0.1) is 0 Å². The van der Waals surface area contributed by atoms with Gasteiger partial charge < -0.3 is 19.0 Å². The van der Waals surface area contributed by atoms with Crippen molar-refractivity contribution in [3.05, 3.63) is 60.4 Å². The fraction of sp³-hybridized carbons (Fsp3) is 0.150. The fourth-order valence-electron chi connectivity index (χ4n) is 3.20. The third-order valence-corrected chi connectivity index (χ3v) is 4.48. The number of ether oxygens (including phenoxy) is 2. The van der Waals surface area contributed by atoms with Gasteiger partial charge in [-0.3, -0.25) is 4.79 Å². The standard InChI is InChI=1S/C20H18N2O3/c1-24-13-9-18-15(20(10-13)25-2)7-8-22(18)12-19(23)16-11-21-17-6-4-3-5-14(16)17/h3-11,21H,12H2,1-2H3. The molecule has 0 atom stereocenters. The summed E-state index contributed by atoms with van der Waals surface area (Å²) in [6.45, 7) is 0.252. The lowest BCUT2D eigenvalue weighted by Gasteiger charge is -2.09. The van der Waals surface area contributed by atoms with Crippen molar-refractivity contribution in [1.29, 1.82) is 0 Å². The molecule has 0 saturated heterocycles. The van der Waals surface area contributed by atoms with Crippen LogP contribution in [0.2, 0.25) is 0 Å². The maximum atomic E-state index is 12.8. The van der Waals surface area contributed by atoms with E-state index < -0.39 is 0 Å². The van der Waals surface area contributed by atoms with Gasteiger partial charge in [-0.1, -0.05) is 18.2 Å². The van der Waals surface area contributed by atoms with Gasteiger partial charge >= 0.3 is 0 Å². The van der Waals surface area contributed by atoms with E-state index in [1.807, 2.05) is 53.2 Å². The number of nitrogens with zero attached hydrogens (tertiary/aromatic N) is 1. The van der Waals surface area contributed by atoms with Crippen molar-refractivity contribution in [2.45, 2.75) is 6.54 Å². The molecule has 0 amide bonds. The largest absolute Gasteiger partial charge is 0.497 e. The SMILES string of the molecule is COc1cc(OC)c2ccn(CC(=O)c3c[nH]c4ccccc34)c2c1. The molecule has 0 radical (unpaired) electrons. The van der Waals surface area contributed by atoms with E-state index in [4.69, 9.17) is 9.47 Å². The predicted octanol–water partition coefficient (Wildman–Crippen LogP) is 4.02. The Morgan fingerprint density at radius 1 is 1.08 bits per heavy atom. The summed E-state index contributed by atoms with van der Waals surface area (Å²) in [5.74, 6) is 1.48. The number of carbonyl (C=O) groups excluding carboxylic acids is 1. The Bertz CT molecular complexity index is 1080. The Hall–Kier alpha value is -3.21. The number of ketones is 1. The molecule has 2 heterocycles. The Morgan fingerprint density at radius 3 is 2.72 bits per heavy atom. The van der Waals surface area contributed by atoms with Crippen molar-refractivity contribution < 1.29 is 14.3 Å². The highest BCUT2D eigenvalue weighted by atomic mass is 16.5. The fourth-order valence-corrected chi connectivity index (χ4v) is 3.20. The number of para-hydroxylation sites is 1. The summed E-state index contributed by atoms with van der Waals surface area (Å²) < 4.78 is 12.7. The first-order valence-corrected chi connectivity index (χ1v) is 8.01. The summed E-state index contributed by atoms with van der Waals surface area (Å²) in [6.07, 6.45) is 3.68. The van der Waals surface area contributed by atoms with Gasteiger partial charge in [0.15, 0.2) is 5.78 Å². The second-order valence-corrected chi connectivity index (χ2v) is 5.88. The number of H-pyrrole nitrogens is 1. The van der Waals surface area contributed by atoms with Gasteiger partial charge in [0.05, 0.1) is 26.3 Å². The molecular formula is C20H18N2O3. The first kappa shape index (κ1) is 15.3.